The van der Waals surface area contributed by atoms with Crippen LogP contribution in [0.2, 0.25) is 0 Å². The fourth-order valence-corrected chi connectivity index (χ4v) is 1.94. The number of rotatable bonds is 4. The van der Waals surface area contributed by atoms with Crippen LogP contribution in [0.15, 0.2) is 34.5 Å². The molecule has 9 heteroatoms. The van der Waals surface area contributed by atoms with Crippen molar-refractivity contribution in [3.8, 4) is 17.2 Å². The molecule has 124 valence electrons. The van der Waals surface area contributed by atoms with Crippen LogP contribution in [-0.2, 0) is 0 Å². The maximum absolute atomic E-state index is 11.5. The SMILES string of the molecule is CC(=O)c1cc(N=Nc2ccc([N+](=O)[O-])cc2O)c(O)c(C)c1O. The van der Waals surface area contributed by atoms with Crippen molar-refractivity contribution >= 4 is 22.8 Å². The number of phenolic OH excluding ortho intramolecular Hbond substituents is 3. The minimum absolute atomic E-state index is 0.0350. The highest BCUT2D eigenvalue weighted by Crippen LogP contribution is 2.40. The van der Waals surface area contributed by atoms with Crippen molar-refractivity contribution in [2.45, 2.75) is 13.8 Å². The summed E-state index contributed by atoms with van der Waals surface area (Å²) in [6.07, 6.45) is 0. The molecule has 0 radical (unpaired) electrons. The van der Waals surface area contributed by atoms with Gasteiger partial charge in [-0.2, -0.15) is 0 Å². The number of nitrogens with zero attached hydrogens (tertiary/aromatic N) is 3. The van der Waals surface area contributed by atoms with Crippen LogP contribution in [0.1, 0.15) is 22.8 Å². The second-order valence-corrected chi connectivity index (χ2v) is 4.95. The third-order valence-electron chi connectivity index (χ3n) is 3.30. The van der Waals surface area contributed by atoms with E-state index in [9.17, 15) is 30.2 Å². The second kappa shape index (κ2) is 6.32. The normalized spacial score (nSPS) is 10.9. The van der Waals surface area contributed by atoms with Crippen LogP contribution in [-0.4, -0.2) is 26.0 Å². The molecule has 9 nitrogen and oxygen atoms in total. The molecule has 0 saturated heterocycles. The Kier molecular flexibility index (Phi) is 4.45. The van der Waals surface area contributed by atoms with E-state index in [0.29, 0.717) is 0 Å². The molecule has 0 amide bonds. The summed E-state index contributed by atoms with van der Waals surface area (Å²) in [7, 11) is 0. The van der Waals surface area contributed by atoms with E-state index in [4.69, 9.17) is 0 Å². The Morgan fingerprint density at radius 3 is 2.25 bits per heavy atom. The number of nitro benzene ring substituents is 1. The summed E-state index contributed by atoms with van der Waals surface area (Å²) >= 11 is 0. The molecule has 24 heavy (non-hydrogen) atoms. The predicted octanol–water partition coefficient (Wildman–Crippen LogP) is 3.64. The second-order valence-electron chi connectivity index (χ2n) is 4.95. The van der Waals surface area contributed by atoms with Gasteiger partial charge in [0.2, 0.25) is 0 Å². The number of ketones is 1. The summed E-state index contributed by atoms with van der Waals surface area (Å²) in [5, 5.41) is 47.6. The molecule has 0 aliphatic rings. The molecule has 2 aromatic carbocycles. The number of nitro groups is 1. The molecule has 0 saturated carbocycles. The molecule has 0 atom stereocenters. The van der Waals surface area contributed by atoms with Crippen molar-refractivity contribution in [3.05, 3.63) is 45.5 Å². The molecule has 0 spiro atoms. The molecule has 0 fully saturated rings. The number of non-ortho nitro benzene ring substituents is 1. The van der Waals surface area contributed by atoms with E-state index in [1.807, 2.05) is 0 Å². The summed E-state index contributed by atoms with van der Waals surface area (Å²) in [4.78, 5) is 21.4. The number of carbonyl (C=O) groups is 1. The summed E-state index contributed by atoms with van der Waals surface area (Å²) in [5.41, 5.74) is -0.436. The van der Waals surface area contributed by atoms with Gasteiger partial charge in [0.25, 0.3) is 5.69 Å². The first-order valence-electron chi connectivity index (χ1n) is 6.68. The topological polar surface area (TPSA) is 146 Å². The highest BCUT2D eigenvalue weighted by atomic mass is 16.6. The van der Waals surface area contributed by atoms with Gasteiger partial charge in [0.05, 0.1) is 16.6 Å². The van der Waals surface area contributed by atoms with E-state index in [1.165, 1.54) is 19.9 Å². The Morgan fingerprint density at radius 2 is 1.71 bits per heavy atom. The number of carbonyl (C=O) groups excluding carboxylic acids is 1. The van der Waals surface area contributed by atoms with Gasteiger partial charge in [-0.3, -0.25) is 14.9 Å². The molecule has 2 rings (SSSR count). The molecule has 0 bridgehead atoms. The molecule has 0 aliphatic heterocycles. The maximum Gasteiger partial charge on any atom is 0.273 e. The van der Waals surface area contributed by atoms with E-state index in [1.54, 1.807) is 0 Å². The fourth-order valence-electron chi connectivity index (χ4n) is 1.94. The number of azo groups is 1. The summed E-state index contributed by atoms with van der Waals surface area (Å²) in [6.45, 7) is 2.65. The molecule has 3 N–H and O–H groups in total. The van der Waals surface area contributed by atoms with Crippen LogP contribution >= 0.6 is 0 Å². The van der Waals surface area contributed by atoms with E-state index >= 15 is 0 Å². The number of hydrogen-bond acceptors (Lipinski definition) is 8. The quantitative estimate of drug-likeness (QED) is 0.337. The highest BCUT2D eigenvalue weighted by molar-refractivity contribution is 5.98. The van der Waals surface area contributed by atoms with Crippen molar-refractivity contribution in [2.24, 2.45) is 10.2 Å². The first kappa shape index (κ1) is 16.9. The van der Waals surface area contributed by atoms with Gasteiger partial charge >= 0.3 is 0 Å². The first-order valence-corrected chi connectivity index (χ1v) is 6.68. The van der Waals surface area contributed by atoms with Gasteiger partial charge in [0.1, 0.15) is 28.6 Å². The molecule has 2 aromatic rings. The van der Waals surface area contributed by atoms with Gasteiger partial charge < -0.3 is 15.3 Å². The highest BCUT2D eigenvalue weighted by Gasteiger charge is 2.17. The van der Waals surface area contributed by atoms with Crippen LogP contribution in [0.25, 0.3) is 0 Å². The molecule has 0 aromatic heterocycles. The zero-order valence-electron chi connectivity index (χ0n) is 12.7. The van der Waals surface area contributed by atoms with Gasteiger partial charge in [0, 0.05) is 11.6 Å². The number of aromatic hydroxyl groups is 3. The Balaban J connectivity index is 2.46. The van der Waals surface area contributed by atoms with Crippen molar-refractivity contribution in [3.63, 3.8) is 0 Å². The summed E-state index contributed by atoms with van der Waals surface area (Å²) in [6, 6.07) is 4.40. The monoisotopic (exact) mass is 331 g/mol. The average molecular weight is 331 g/mol. The van der Waals surface area contributed by atoms with Gasteiger partial charge in [-0.15, -0.1) is 10.2 Å². The van der Waals surface area contributed by atoms with Crippen LogP contribution in [0.4, 0.5) is 17.1 Å². The third-order valence-corrected chi connectivity index (χ3v) is 3.30. The summed E-state index contributed by atoms with van der Waals surface area (Å²) < 4.78 is 0. The number of hydrogen-bond donors (Lipinski definition) is 3. The molecular formula is C15H13N3O6. The number of Topliss-reactive ketones (excluding diaryl/α,β-unsaturated/α-hetero) is 1. The summed E-state index contributed by atoms with van der Waals surface area (Å²) in [5.74, 6) is -1.61. The minimum Gasteiger partial charge on any atom is -0.507 e. The lowest BCUT2D eigenvalue weighted by molar-refractivity contribution is -0.384. The van der Waals surface area contributed by atoms with E-state index in [-0.39, 0.29) is 39.7 Å². The predicted molar refractivity (Wildman–Crippen MR) is 83.5 cm³/mol. The van der Waals surface area contributed by atoms with Gasteiger partial charge in [-0.05, 0) is 26.0 Å². The largest absolute Gasteiger partial charge is 0.507 e. The standard InChI is InChI=1S/C15H13N3O6/c1-7-14(21)10(8(2)19)6-12(15(7)22)17-16-11-4-3-9(18(23)24)5-13(11)20/h3-6,20-22H,1-2H3. The zero-order chi connectivity index (χ0) is 18.0. The van der Waals surface area contributed by atoms with Crippen molar-refractivity contribution in [1.29, 1.82) is 0 Å². The van der Waals surface area contributed by atoms with Gasteiger partial charge in [0.15, 0.2) is 5.78 Å². The zero-order valence-corrected chi connectivity index (χ0v) is 12.7. The molecule has 0 unspecified atom stereocenters. The number of benzene rings is 2. The fraction of sp³-hybridized carbons (Fsp3) is 0.133. The van der Waals surface area contributed by atoms with Crippen LogP contribution < -0.4 is 0 Å². The third kappa shape index (κ3) is 3.14. The van der Waals surface area contributed by atoms with E-state index in [0.717, 1.165) is 18.2 Å². The van der Waals surface area contributed by atoms with Gasteiger partial charge in [-0.25, -0.2) is 0 Å². The van der Waals surface area contributed by atoms with Crippen molar-refractivity contribution in [2.75, 3.05) is 0 Å². The Hall–Kier alpha value is -3.49. The van der Waals surface area contributed by atoms with E-state index < -0.39 is 16.5 Å². The lowest BCUT2D eigenvalue weighted by Gasteiger charge is -2.08. The number of phenols is 3. The molecule has 0 heterocycles. The smallest absolute Gasteiger partial charge is 0.273 e. The first-order chi connectivity index (χ1) is 11.2. The van der Waals surface area contributed by atoms with Gasteiger partial charge in [-0.1, -0.05) is 0 Å². The average Bonchev–Trinajstić information content (AvgIpc) is 2.52. The Morgan fingerprint density at radius 1 is 1.08 bits per heavy atom. The van der Waals surface area contributed by atoms with E-state index in [2.05, 4.69) is 10.2 Å². The lowest BCUT2D eigenvalue weighted by Crippen LogP contribution is -1.94. The van der Waals surface area contributed by atoms with Crippen LogP contribution in [0.3, 0.4) is 0 Å². The molecular weight excluding hydrogens is 318 g/mol. The van der Waals surface area contributed by atoms with Crippen molar-refractivity contribution < 1.29 is 25.0 Å². The molecule has 0 aliphatic carbocycles. The van der Waals surface area contributed by atoms with Crippen LogP contribution in [0.5, 0.6) is 17.2 Å². The van der Waals surface area contributed by atoms with Crippen LogP contribution in [0, 0.1) is 17.0 Å². The Labute approximate surface area is 135 Å². The minimum atomic E-state index is -0.672. The Bertz CT molecular complexity index is 876. The van der Waals surface area contributed by atoms with Crippen molar-refractivity contribution in [1.82, 2.24) is 0 Å². The lowest BCUT2D eigenvalue weighted by atomic mass is 10.0. The maximum atomic E-state index is 11.5.